The van der Waals surface area contributed by atoms with Crippen LogP contribution in [-0.4, -0.2) is 56.2 Å². The van der Waals surface area contributed by atoms with E-state index in [0.29, 0.717) is 30.3 Å². The zero-order valence-electron chi connectivity index (χ0n) is 21.0. The number of hydrogen-bond acceptors (Lipinski definition) is 5. The lowest BCUT2D eigenvalue weighted by atomic mass is 9.91. The van der Waals surface area contributed by atoms with Crippen molar-refractivity contribution in [2.24, 2.45) is 18.7 Å². The molecule has 0 saturated carbocycles. The van der Waals surface area contributed by atoms with Gasteiger partial charge in [-0.3, -0.25) is 4.79 Å². The van der Waals surface area contributed by atoms with Crippen LogP contribution >= 0.6 is 0 Å². The van der Waals surface area contributed by atoms with Crippen LogP contribution in [0.15, 0.2) is 36.5 Å². The molecule has 1 aromatic carbocycles. The molecule has 8 nitrogen and oxygen atoms in total. The number of carbonyl (C=O) groups excluding carboxylic acids is 1. The average molecular weight is 475 g/mol. The Labute approximate surface area is 205 Å². The Balaban J connectivity index is 1.62. The summed E-state index contributed by atoms with van der Waals surface area (Å²) in [6.07, 6.45) is 4.82. The molecule has 0 radical (unpaired) electrons. The van der Waals surface area contributed by atoms with Crippen LogP contribution in [0, 0.1) is 5.92 Å². The molecule has 1 aliphatic heterocycles. The van der Waals surface area contributed by atoms with Gasteiger partial charge in [-0.05, 0) is 69.0 Å². The van der Waals surface area contributed by atoms with Gasteiger partial charge >= 0.3 is 0 Å². The van der Waals surface area contributed by atoms with Crippen LogP contribution in [0.2, 0.25) is 0 Å². The number of piperidine rings is 1. The quantitative estimate of drug-likeness (QED) is 0.452. The Kier molecular flexibility index (Phi) is 6.23. The zero-order chi connectivity index (χ0) is 24.7. The molecule has 3 aromatic heterocycles. The van der Waals surface area contributed by atoms with Gasteiger partial charge in [0.1, 0.15) is 16.9 Å². The van der Waals surface area contributed by atoms with E-state index in [4.69, 9.17) is 15.5 Å². The van der Waals surface area contributed by atoms with Crippen molar-refractivity contribution in [3.05, 3.63) is 42.1 Å². The molecule has 0 spiro atoms. The summed E-state index contributed by atoms with van der Waals surface area (Å²) in [6.45, 7) is 6.33. The van der Waals surface area contributed by atoms with E-state index < -0.39 is 0 Å². The van der Waals surface area contributed by atoms with Crippen molar-refractivity contribution >= 4 is 28.0 Å². The minimum Gasteiger partial charge on any atom is -0.494 e. The molecule has 8 heteroatoms. The van der Waals surface area contributed by atoms with Crippen LogP contribution in [0.5, 0.6) is 5.75 Å². The van der Waals surface area contributed by atoms with E-state index in [-0.39, 0.29) is 11.9 Å². The molecule has 1 saturated heterocycles. The van der Waals surface area contributed by atoms with Crippen molar-refractivity contribution in [1.29, 1.82) is 0 Å². The molecule has 4 heterocycles. The number of nitrogens with zero attached hydrogens (tertiary/aromatic N) is 5. The van der Waals surface area contributed by atoms with E-state index in [0.717, 1.165) is 59.4 Å². The van der Waals surface area contributed by atoms with Crippen molar-refractivity contribution in [2.45, 2.75) is 45.7 Å². The number of hydrogen-bond donors (Lipinski definition) is 1. The third kappa shape index (κ3) is 3.86. The normalized spacial score (nSPS) is 18.5. The highest BCUT2D eigenvalue weighted by atomic mass is 16.5. The Bertz CT molecular complexity index is 1390. The maximum absolute atomic E-state index is 13.7. The van der Waals surface area contributed by atoms with Gasteiger partial charge in [0.15, 0.2) is 5.82 Å². The standard InChI is InChI=1S/C27H34N6O2/c1-5-20-10-9-17(15-28)16-33(20)27(34)19-12-21-24(23(14-19)35-4)31(3)26(30-21)22-13-18-8-7-11-29-25(18)32(22)6-2/h7-8,11-14,17,20H,5-6,9-10,15-16,28H2,1-4H3/t17-,20-/m1/s1. The number of ether oxygens (including phenoxy) is 1. The number of fused-ring (bicyclic) bond motifs is 2. The molecule has 5 rings (SSSR count). The van der Waals surface area contributed by atoms with E-state index >= 15 is 0 Å². The fourth-order valence-corrected chi connectivity index (χ4v) is 5.54. The van der Waals surface area contributed by atoms with E-state index in [2.05, 4.69) is 35.5 Å². The van der Waals surface area contributed by atoms with Crippen LogP contribution < -0.4 is 10.5 Å². The van der Waals surface area contributed by atoms with Gasteiger partial charge in [-0.2, -0.15) is 0 Å². The van der Waals surface area contributed by atoms with Crippen LogP contribution in [0.1, 0.15) is 43.5 Å². The minimum atomic E-state index is 0.0225. The number of benzene rings is 1. The maximum Gasteiger partial charge on any atom is 0.254 e. The van der Waals surface area contributed by atoms with Gasteiger partial charge in [-0.1, -0.05) is 6.92 Å². The number of aryl methyl sites for hydroxylation is 2. The average Bonchev–Trinajstić information content (AvgIpc) is 3.44. The van der Waals surface area contributed by atoms with Gasteiger partial charge in [0, 0.05) is 43.3 Å². The third-order valence-corrected chi connectivity index (χ3v) is 7.47. The van der Waals surface area contributed by atoms with Crippen molar-refractivity contribution < 1.29 is 9.53 Å². The van der Waals surface area contributed by atoms with Gasteiger partial charge in [-0.15, -0.1) is 0 Å². The number of nitrogens with two attached hydrogens (primary N) is 1. The fourth-order valence-electron chi connectivity index (χ4n) is 5.54. The monoisotopic (exact) mass is 474 g/mol. The first-order chi connectivity index (χ1) is 17.0. The van der Waals surface area contributed by atoms with E-state index in [1.54, 1.807) is 7.11 Å². The fraction of sp³-hybridized carbons (Fsp3) is 0.444. The second-order valence-electron chi connectivity index (χ2n) is 9.43. The lowest BCUT2D eigenvalue weighted by molar-refractivity contribution is 0.0532. The summed E-state index contributed by atoms with van der Waals surface area (Å²) in [5.74, 6) is 1.83. The van der Waals surface area contributed by atoms with E-state index in [1.807, 2.05) is 40.9 Å². The first-order valence-corrected chi connectivity index (χ1v) is 12.5. The summed E-state index contributed by atoms with van der Waals surface area (Å²) in [7, 11) is 3.63. The van der Waals surface area contributed by atoms with Crippen LogP contribution in [0.4, 0.5) is 0 Å². The predicted octanol–water partition coefficient (Wildman–Crippen LogP) is 4.21. The summed E-state index contributed by atoms with van der Waals surface area (Å²) in [4.78, 5) is 25.3. The second-order valence-corrected chi connectivity index (χ2v) is 9.43. The molecule has 1 amide bonds. The van der Waals surface area contributed by atoms with Gasteiger partial charge in [0.25, 0.3) is 5.91 Å². The topological polar surface area (TPSA) is 91.2 Å². The van der Waals surface area contributed by atoms with E-state index in [1.165, 1.54) is 0 Å². The number of imidazole rings is 1. The molecule has 35 heavy (non-hydrogen) atoms. The summed E-state index contributed by atoms with van der Waals surface area (Å²) in [5, 5.41) is 1.07. The van der Waals surface area contributed by atoms with Gasteiger partial charge < -0.3 is 24.5 Å². The number of aromatic nitrogens is 4. The lowest BCUT2D eigenvalue weighted by Crippen LogP contribution is -2.48. The first kappa shape index (κ1) is 23.4. The molecule has 4 aromatic rings. The molecular weight excluding hydrogens is 440 g/mol. The number of methoxy groups -OCH3 is 1. The molecular formula is C27H34N6O2. The van der Waals surface area contributed by atoms with Crippen molar-refractivity contribution in [1.82, 2.24) is 24.0 Å². The van der Waals surface area contributed by atoms with Gasteiger partial charge in [0.2, 0.25) is 0 Å². The molecule has 1 aliphatic rings. The smallest absolute Gasteiger partial charge is 0.254 e. The number of likely N-dealkylation sites (tertiary alicyclic amines) is 1. The summed E-state index contributed by atoms with van der Waals surface area (Å²) in [5.41, 5.74) is 10.1. The third-order valence-electron chi connectivity index (χ3n) is 7.47. The van der Waals surface area contributed by atoms with Gasteiger partial charge in [-0.25, -0.2) is 9.97 Å². The lowest BCUT2D eigenvalue weighted by Gasteiger charge is -2.39. The van der Waals surface area contributed by atoms with Crippen LogP contribution in [0.3, 0.4) is 0 Å². The maximum atomic E-state index is 13.7. The van der Waals surface area contributed by atoms with Crippen molar-refractivity contribution in [3.8, 4) is 17.3 Å². The molecule has 0 aliphatic carbocycles. The summed E-state index contributed by atoms with van der Waals surface area (Å²) >= 11 is 0. The van der Waals surface area contributed by atoms with Crippen molar-refractivity contribution in [2.75, 3.05) is 20.2 Å². The number of rotatable bonds is 6. The Hall–Kier alpha value is -3.39. The summed E-state index contributed by atoms with van der Waals surface area (Å²) in [6, 6.07) is 10.1. The highest BCUT2D eigenvalue weighted by Gasteiger charge is 2.31. The summed E-state index contributed by atoms with van der Waals surface area (Å²) < 4.78 is 9.99. The predicted molar refractivity (Wildman–Crippen MR) is 139 cm³/mol. The molecule has 2 atom stereocenters. The van der Waals surface area contributed by atoms with Crippen LogP contribution in [-0.2, 0) is 13.6 Å². The molecule has 2 N–H and O–H groups in total. The second kappa shape index (κ2) is 9.34. The van der Waals surface area contributed by atoms with Gasteiger partial charge in [0.05, 0.1) is 18.3 Å². The Morgan fingerprint density at radius 3 is 2.77 bits per heavy atom. The number of carbonyl (C=O) groups is 1. The highest BCUT2D eigenvalue weighted by Crippen LogP contribution is 2.35. The molecule has 184 valence electrons. The highest BCUT2D eigenvalue weighted by molar-refractivity contribution is 6.00. The molecule has 0 unspecified atom stereocenters. The zero-order valence-corrected chi connectivity index (χ0v) is 21.0. The first-order valence-electron chi connectivity index (χ1n) is 12.5. The SMILES string of the molecule is CC[C@@H]1CC[C@H](CN)CN1C(=O)c1cc(OC)c2c(c1)nc(-c1cc3cccnc3n1CC)n2C. The minimum absolute atomic E-state index is 0.0225. The Morgan fingerprint density at radius 1 is 1.23 bits per heavy atom. The molecule has 0 bridgehead atoms. The number of amides is 1. The van der Waals surface area contributed by atoms with Crippen LogP contribution in [0.25, 0.3) is 33.6 Å². The Morgan fingerprint density at radius 2 is 2.06 bits per heavy atom. The largest absolute Gasteiger partial charge is 0.494 e. The van der Waals surface area contributed by atoms with Crippen molar-refractivity contribution in [3.63, 3.8) is 0 Å². The number of pyridine rings is 1. The van der Waals surface area contributed by atoms with E-state index in [9.17, 15) is 4.79 Å². The molecule has 1 fully saturated rings.